The molecule has 20 heavy (non-hydrogen) atoms. The molecule has 2 heterocycles. The van der Waals surface area contributed by atoms with Crippen molar-refractivity contribution in [2.45, 2.75) is 31.4 Å². The molecule has 112 valence electrons. The zero-order valence-corrected chi connectivity index (χ0v) is 13.1. The summed E-state index contributed by atoms with van der Waals surface area (Å²) in [7, 11) is -1.45. The fourth-order valence-electron chi connectivity index (χ4n) is 2.85. The number of methoxy groups -OCH3 is 1. The van der Waals surface area contributed by atoms with E-state index in [4.69, 9.17) is 4.74 Å². The molecule has 0 atom stereocenters. The molecule has 0 bridgehead atoms. The first kappa shape index (κ1) is 15.1. The van der Waals surface area contributed by atoms with Gasteiger partial charge in [0.2, 0.25) is 0 Å². The molecule has 0 unspecified atom stereocenters. The summed E-state index contributed by atoms with van der Waals surface area (Å²) in [6, 6.07) is 3.67. The summed E-state index contributed by atoms with van der Waals surface area (Å²) in [5.74, 6) is 1.60. The first-order chi connectivity index (χ1) is 9.49. The van der Waals surface area contributed by atoms with Crippen LogP contribution < -0.4 is 9.64 Å². The lowest BCUT2D eigenvalue weighted by Crippen LogP contribution is -2.56. The lowest BCUT2D eigenvalue weighted by Gasteiger charge is -2.42. The quantitative estimate of drug-likeness (QED) is 0.849. The molecule has 6 heteroatoms. The third-order valence-electron chi connectivity index (χ3n) is 4.33. The third-order valence-corrected chi connectivity index (χ3v) is 7.07. The van der Waals surface area contributed by atoms with Crippen molar-refractivity contribution < 1.29 is 13.2 Å². The van der Waals surface area contributed by atoms with Gasteiger partial charge in [0.1, 0.15) is 0 Å². The van der Waals surface area contributed by atoms with Gasteiger partial charge in [0, 0.05) is 19.3 Å². The Balaban J connectivity index is 2.37. The number of sulfone groups is 1. The van der Waals surface area contributed by atoms with Gasteiger partial charge < -0.3 is 9.64 Å². The number of ether oxygens (including phenoxy) is 1. The van der Waals surface area contributed by atoms with E-state index in [2.05, 4.69) is 4.98 Å². The van der Waals surface area contributed by atoms with Crippen LogP contribution in [-0.2, 0) is 9.84 Å². The summed E-state index contributed by atoms with van der Waals surface area (Å²) in [4.78, 5) is 6.40. The molecule has 0 saturated carbocycles. The van der Waals surface area contributed by atoms with Crippen molar-refractivity contribution in [3.05, 3.63) is 18.3 Å². The summed E-state index contributed by atoms with van der Waals surface area (Å²) >= 11 is 0. The molecule has 1 aromatic rings. The first-order valence-electron chi connectivity index (χ1n) is 6.96. The Labute approximate surface area is 120 Å². The van der Waals surface area contributed by atoms with Gasteiger partial charge in [-0.15, -0.1) is 0 Å². The van der Waals surface area contributed by atoms with E-state index in [-0.39, 0.29) is 5.75 Å². The SMILES string of the molecule is CCC1(CC)CN(c2ncccc2OC)CCS1(=O)=O. The third kappa shape index (κ3) is 2.37. The average molecular weight is 298 g/mol. The number of rotatable bonds is 4. The van der Waals surface area contributed by atoms with Crippen molar-refractivity contribution >= 4 is 15.7 Å². The van der Waals surface area contributed by atoms with Crippen LogP contribution >= 0.6 is 0 Å². The van der Waals surface area contributed by atoms with Gasteiger partial charge in [0.05, 0.1) is 17.6 Å². The Morgan fingerprint density at radius 3 is 2.70 bits per heavy atom. The molecule has 0 aromatic carbocycles. The molecular weight excluding hydrogens is 276 g/mol. The highest BCUT2D eigenvalue weighted by molar-refractivity contribution is 7.92. The van der Waals surface area contributed by atoms with Crippen LogP contribution in [0.2, 0.25) is 0 Å². The van der Waals surface area contributed by atoms with Crippen LogP contribution in [0.4, 0.5) is 5.82 Å². The molecule has 0 spiro atoms. The first-order valence-corrected chi connectivity index (χ1v) is 8.61. The molecule has 1 fully saturated rings. The minimum absolute atomic E-state index is 0.175. The molecule has 0 amide bonds. The van der Waals surface area contributed by atoms with Crippen LogP contribution in [0.1, 0.15) is 26.7 Å². The average Bonchev–Trinajstić information content (AvgIpc) is 2.47. The summed E-state index contributed by atoms with van der Waals surface area (Å²) in [5, 5.41) is 0. The summed E-state index contributed by atoms with van der Waals surface area (Å²) < 4.78 is 29.5. The summed E-state index contributed by atoms with van der Waals surface area (Å²) in [5.41, 5.74) is 0. The van der Waals surface area contributed by atoms with E-state index in [0.29, 0.717) is 31.7 Å². The van der Waals surface area contributed by atoms with Gasteiger partial charge in [-0.1, -0.05) is 13.8 Å². The van der Waals surface area contributed by atoms with Crippen molar-refractivity contribution in [3.8, 4) is 5.75 Å². The second-order valence-electron chi connectivity index (χ2n) is 5.16. The molecule has 0 N–H and O–H groups in total. The van der Waals surface area contributed by atoms with Crippen LogP contribution in [0, 0.1) is 0 Å². The van der Waals surface area contributed by atoms with E-state index in [1.807, 2.05) is 30.9 Å². The molecule has 1 aliphatic rings. The second-order valence-corrected chi connectivity index (χ2v) is 7.66. The van der Waals surface area contributed by atoms with Gasteiger partial charge >= 0.3 is 0 Å². The Bertz CT molecular complexity index is 568. The highest BCUT2D eigenvalue weighted by atomic mass is 32.2. The fraction of sp³-hybridized carbons (Fsp3) is 0.643. The van der Waals surface area contributed by atoms with Gasteiger partial charge in [-0.2, -0.15) is 0 Å². The minimum atomic E-state index is -3.06. The normalized spacial score (nSPS) is 20.6. The van der Waals surface area contributed by atoms with Gasteiger partial charge in [0.25, 0.3) is 0 Å². The Kier molecular flexibility index (Phi) is 4.22. The van der Waals surface area contributed by atoms with E-state index in [9.17, 15) is 8.42 Å². The number of hydrogen-bond acceptors (Lipinski definition) is 5. The summed E-state index contributed by atoms with van der Waals surface area (Å²) in [6.45, 7) is 4.84. The lowest BCUT2D eigenvalue weighted by molar-refractivity contribution is 0.407. The fourth-order valence-corrected chi connectivity index (χ4v) is 4.97. The van der Waals surface area contributed by atoms with Crippen molar-refractivity contribution in [1.29, 1.82) is 0 Å². The zero-order chi connectivity index (χ0) is 14.8. The predicted octanol–water partition coefficient (Wildman–Crippen LogP) is 1.88. The molecule has 0 aliphatic carbocycles. The Hall–Kier alpha value is -1.30. The maximum absolute atomic E-state index is 12.4. The van der Waals surface area contributed by atoms with Crippen molar-refractivity contribution in [2.24, 2.45) is 0 Å². The predicted molar refractivity (Wildman–Crippen MR) is 80.1 cm³/mol. The van der Waals surface area contributed by atoms with Crippen molar-refractivity contribution in [1.82, 2.24) is 4.98 Å². The van der Waals surface area contributed by atoms with Crippen LogP contribution in [0.15, 0.2) is 18.3 Å². The number of pyridine rings is 1. The van der Waals surface area contributed by atoms with Gasteiger partial charge in [-0.05, 0) is 25.0 Å². The molecule has 1 aromatic heterocycles. The minimum Gasteiger partial charge on any atom is -0.493 e. The van der Waals surface area contributed by atoms with Crippen molar-refractivity contribution in [2.75, 3.05) is 30.9 Å². The second kappa shape index (κ2) is 5.60. The van der Waals surface area contributed by atoms with E-state index in [1.54, 1.807) is 13.3 Å². The largest absolute Gasteiger partial charge is 0.493 e. The molecule has 5 nitrogen and oxygen atoms in total. The highest BCUT2D eigenvalue weighted by Gasteiger charge is 2.45. The van der Waals surface area contributed by atoms with Crippen LogP contribution in [0.25, 0.3) is 0 Å². The number of aromatic nitrogens is 1. The molecule has 0 radical (unpaired) electrons. The standard InChI is InChI=1S/C14H22N2O3S/c1-4-14(5-2)11-16(9-10-20(14,17)18)13-12(19-3)7-6-8-15-13/h6-8H,4-5,9-11H2,1-3H3. The maximum Gasteiger partial charge on any atom is 0.171 e. The van der Waals surface area contributed by atoms with E-state index >= 15 is 0 Å². The van der Waals surface area contributed by atoms with Gasteiger partial charge in [0.15, 0.2) is 21.4 Å². The van der Waals surface area contributed by atoms with Gasteiger partial charge in [-0.3, -0.25) is 0 Å². The maximum atomic E-state index is 12.4. The van der Waals surface area contributed by atoms with Crippen LogP contribution in [-0.4, -0.2) is 44.1 Å². The molecule has 1 saturated heterocycles. The topological polar surface area (TPSA) is 59.5 Å². The number of hydrogen-bond donors (Lipinski definition) is 0. The van der Waals surface area contributed by atoms with Crippen LogP contribution in [0.3, 0.4) is 0 Å². The molecule has 1 aliphatic heterocycles. The number of anilines is 1. The zero-order valence-electron chi connectivity index (χ0n) is 12.3. The summed E-state index contributed by atoms with van der Waals surface area (Å²) in [6.07, 6.45) is 2.95. The van der Waals surface area contributed by atoms with Gasteiger partial charge in [-0.25, -0.2) is 13.4 Å². The monoisotopic (exact) mass is 298 g/mol. The molecule has 2 rings (SSSR count). The van der Waals surface area contributed by atoms with E-state index < -0.39 is 14.6 Å². The molecular formula is C14H22N2O3S. The number of nitrogens with zero attached hydrogens (tertiary/aromatic N) is 2. The lowest BCUT2D eigenvalue weighted by atomic mass is 10.0. The smallest absolute Gasteiger partial charge is 0.171 e. The Morgan fingerprint density at radius 1 is 1.40 bits per heavy atom. The Morgan fingerprint density at radius 2 is 2.10 bits per heavy atom. The van der Waals surface area contributed by atoms with E-state index in [1.165, 1.54) is 0 Å². The van der Waals surface area contributed by atoms with E-state index in [0.717, 1.165) is 5.82 Å². The van der Waals surface area contributed by atoms with Crippen LogP contribution in [0.5, 0.6) is 5.75 Å². The highest BCUT2D eigenvalue weighted by Crippen LogP contribution is 2.35. The van der Waals surface area contributed by atoms with Crippen molar-refractivity contribution in [3.63, 3.8) is 0 Å².